The fourth-order valence-electron chi connectivity index (χ4n) is 5.46. The monoisotopic (exact) mass is 521 g/mol. The fourth-order valence-corrected chi connectivity index (χ4v) is 5.46. The summed E-state index contributed by atoms with van der Waals surface area (Å²) in [5.41, 5.74) is 0. The third kappa shape index (κ3) is 33.5. The highest BCUT2D eigenvalue weighted by Gasteiger charge is 1.99. The van der Waals surface area contributed by atoms with E-state index in [0.29, 0.717) is 0 Å². The van der Waals surface area contributed by atoms with Gasteiger partial charge in [0.1, 0.15) is 0 Å². The van der Waals surface area contributed by atoms with Gasteiger partial charge in [-0.1, -0.05) is 200 Å². The first-order valence-corrected chi connectivity index (χ1v) is 17.6. The molecule has 0 radical (unpaired) electrons. The predicted octanol–water partition coefficient (Wildman–Crippen LogP) is 13.6. The number of ether oxygens (including phenoxy) is 1. The first kappa shape index (κ1) is 36.5. The van der Waals surface area contributed by atoms with Crippen LogP contribution in [0, 0.1) is 0 Å². The SMILES string of the molecule is C=C(CCCCCCCCCCCCCCCCCC)OCCCCCCCCCCCCCCCC. The summed E-state index contributed by atoms with van der Waals surface area (Å²) in [6.45, 7) is 9.63. The zero-order valence-corrected chi connectivity index (χ0v) is 26.2. The van der Waals surface area contributed by atoms with Crippen molar-refractivity contribution < 1.29 is 4.74 Å². The van der Waals surface area contributed by atoms with Crippen LogP contribution in [0.5, 0.6) is 0 Å². The molecule has 1 nitrogen and oxygen atoms in total. The Hall–Kier alpha value is -0.460. The minimum atomic E-state index is 0.885. The van der Waals surface area contributed by atoms with E-state index in [1.807, 2.05) is 0 Å². The summed E-state index contributed by atoms with van der Waals surface area (Å²) in [4.78, 5) is 0. The molecule has 0 fully saturated rings. The maximum atomic E-state index is 5.88. The fraction of sp³-hybridized carbons (Fsp3) is 0.944. The van der Waals surface area contributed by atoms with Gasteiger partial charge in [-0.3, -0.25) is 0 Å². The number of hydrogen-bond donors (Lipinski definition) is 0. The molecule has 0 saturated carbocycles. The second-order valence-electron chi connectivity index (χ2n) is 12.0. The Morgan fingerprint density at radius 3 is 0.892 bits per heavy atom. The van der Waals surface area contributed by atoms with Gasteiger partial charge in [-0.25, -0.2) is 0 Å². The van der Waals surface area contributed by atoms with Crippen LogP contribution in [0.2, 0.25) is 0 Å². The largest absolute Gasteiger partial charge is 0.499 e. The zero-order chi connectivity index (χ0) is 26.9. The third-order valence-electron chi connectivity index (χ3n) is 8.11. The second kappa shape index (κ2) is 33.6. The van der Waals surface area contributed by atoms with Gasteiger partial charge in [0, 0.05) is 6.42 Å². The van der Waals surface area contributed by atoms with E-state index in [9.17, 15) is 0 Å². The van der Waals surface area contributed by atoms with Crippen molar-refractivity contribution in [1.82, 2.24) is 0 Å². The van der Waals surface area contributed by atoms with Crippen LogP contribution in [-0.4, -0.2) is 6.61 Å². The van der Waals surface area contributed by atoms with Crippen molar-refractivity contribution in [2.45, 2.75) is 213 Å². The lowest BCUT2D eigenvalue weighted by molar-refractivity contribution is 0.195. The highest BCUT2D eigenvalue weighted by Crippen LogP contribution is 2.16. The van der Waals surface area contributed by atoms with Gasteiger partial charge in [-0.15, -0.1) is 0 Å². The Morgan fingerprint density at radius 1 is 0.351 bits per heavy atom. The van der Waals surface area contributed by atoms with Crippen molar-refractivity contribution >= 4 is 0 Å². The van der Waals surface area contributed by atoms with Gasteiger partial charge in [-0.05, 0) is 12.8 Å². The Bertz CT molecular complexity index is 415. The van der Waals surface area contributed by atoms with Crippen molar-refractivity contribution in [1.29, 1.82) is 0 Å². The predicted molar refractivity (Wildman–Crippen MR) is 170 cm³/mol. The average molecular weight is 521 g/mol. The van der Waals surface area contributed by atoms with Gasteiger partial charge in [0.25, 0.3) is 0 Å². The van der Waals surface area contributed by atoms with E-state index in [0.717, 1.165) is 18.8 Å². The van der Waals surface area contributed by atoms with Crippen LogP contribution in [0.1, 0.15) is 213 Å². The summed E-state index contributed by atoms with van der Waals surface area (Å²) in [6, 6.07) is 0. The van der Waals surface area contributed by atoms with Crippen LogP contribution < -0.4 is 0 Å². The third-order valence-corrected chi connectivity index (χ3v) is 8.11. The molecule has 0 aliphatic carbocycles. The molecule has 222 valence electrons. The second-order valence-corrected chi connectivity index (χ2v) is 12.0. The summed E-state index contributed by atoms with van der Waals surface area (Å²) < 4.78 is 5.88. The minimum Gasteiger partial charge on any atom is -0.499 e. The molecule has 0 amide bonds. The lowest BCUT2D eigenvalue weighted by Crippen LogP contribution is -1.95. The number of rotatable bonds is 33. The summed E-state index contributed by atoms with van der Waals surface area (Å²) in [6.07, 6.45) is 43.6. The molecule has 0 rings (SSSR count). The minimum absolute atomic E-state index is 0.885. The molecule has 0 heterocycles. The summed E-state index contributed by atoms with van der Waals surface area (Å²) in [5, 5.41) is 0. The first-order valence-electron chi connectivity index (χ1n) is 17.6. The van der Waals surface area contributed by atoms with Crippen LogP contribution in [0.25, 0.3) is 0 Å². The highest BCUT2D eigenvalue weighted by molar-refractivity contribution is 4.81. The standard InChI is InChI=1S/C36H72O/c1-4-6-8-10-12-14-16-18-20-21-22-24-26-28-30-32-34-36(3)37-35-33-31-29-27-25-23-19-17-15-13-11-9-7-5-2/h3-35H2,1-2H3. The molecule has 0 aliphatic heterocycles. The Labute approximate surface area is 236 Å². The van der Waals surface area contributed by atoms with Gasteiger partial charge in [0.05, 0.1) is 12.4 Å². The molecule has 0 unspecified atom stereocenters. The van der Waals surface area contributed by atoms with Gasteiger partial charge < -0.3 is 4.74 Å². The van der Waals surface area contributed by atoms with Gasteiger partial charge in [0.15, 0.2) is 0 Å². The van der Waals surface area contributed by atoms with E-state index >= 15 is 0 Å². The molecule has 0 aromatic carbocycles. The Kier molecular flexibility index (Phi) is 33.2. The molecule has 0 saturated heterocycles. The van der Waals surface area contributed by atoms with Crippen LogP contribution in [-0.2, 0) is 4.74 Å². The lowest BCUT2D eigenvalue weighted by atomic mass is 10.0. The summed E-state index contributed by atoms with van der Waals surface area (Å²) in [5.74, 6) is 1.03. The number of allylic oxidation sites excluding steroid dienone is 1. The van der Waals surface area contributed by atoms with E-state index in [1.165, 1.54) is 193 Å². The Morgan fingerprint density at radius 2 is 0.595 bits per heavy atom. The number of hydrogen-bond acceptors (Lipinski definition) is 1. The van der Waals surface area contributed by atoms with Crippen LogP contribution >= 0.6 is 0 Å². The highest BCUT2D eigenvalue weighted by atomic mass is 16.5. The molecule has 0 N–H and O–H groups in total. The zero-order valence-electron chi connectivity index (χ0n) is 26.2. The van der Waals surface area contributed by atoms with Gasteiger partial charge in [0.2, 0.25) is 0 Å². The smallest absolute Gasteiger partial charge is 0.0888 e. The van der Waals surface area contributed by atoms with Crippen molar-refractivity contribution in [3.8, 4) is 0 Å². The molecular formula is C36H72O. The normalized spacial score (nSPS) is 11.3. The first-order chi connectivity index (χ1) is 18.3. The van der Waals surface area contributed by atoms with Crippen LogP contribution in [0.3, 0.4) is 0 Å². The van der Waals surface area contributed by atoms with Crippen molar-refractivity contribution in [3.63, 3.8) is 0 Å². The van der Waals surface area contributed by atoms with Gasteiger partial charge in [-0.2, -0.15) is 0 Å². The van der Waals surface area contributed by atoms with E-state index in [-0.39, 0.29) is 0 Å². The van der Waals surface area contributed by atoms with Crippen molar-refractivity contribution in [2.24, 2.45) is 0 Å². The lowest BCUT2D eigenvalue weighted by Gasteiger charge is -2.09. The molecule has 0 bridgehead atoms. The summed E-state index contributed by atoms with van der Waals surface area (Å²) >= 11 is 0. The van der Waals surface area contributed by atoms with Crippen molar-refractivity contribution in [2.75, 3.05) is 6.61 Å². The molecule has 0 atom stereocenters. The van der Waals surface area contributed by atoms with Crippen molar-refractivity contribution in [3.05, 3.63) is 12.3 Å². The molecule has 37 heavy (non-hydrogen) atoms. The summed E-state index contributed by atoms with van der Waals surface area (Å²) in [7, 11) is 0. The van der Waals surface area contributed by atoms with E-state index in [2.05, 4.69) is 20.4 Å². The molecule has 0 aliphatic rings. The number of unbranched alkanes of at least 4 members (excludes halogenated alkanes) is 28. The molecule has 0 aromatic rings. The molecule has 1 heteroatoms. The molecule has 0 aromatic heterocycles. The average Bonchev–Trinajstić information content (AvgIpc) is 2.90. The quantitative estimate of drug-likeness (QED) is 0.0617. The van der Waals surface area contributed by atoms with Crippen LogP contribution in [0.15, 0.2) is 12.3 Å². The molecule has 0 spiro atoms. The maximum absolute atomic E-state index is 5.88. The van der Waals surface area contributed by atoms with Crippen LogP contribution in [0.4, 0.5) is 0 Å². The molecular weight excluding hydrogens is 448 g/mol. The van der Waals surface area contributed by atoms with Gasteiger partial charge >= 0.3 is 0 Å². The van der Waals surface area contributed by atoms with E-state index in [1.54, 1.807) is 0 Å². The Balaban J connectivity index is 3.14. The maximum Gasteiger partial charge on any atom is 0.0888 e. The topological polar surface area (TPSA) is 9.23 Å². The van der Waals surface area contributed by atoms with E-state index < -0.39 is 0 Å². The van der Waals surface area contributed by atoms with E-state index in [4.69, 9.17) is 4.74 Å².